The fourth-order valence-corrected chi connectivity index (χ4v) is 1.30. The van der Waals surface area contributed by atoms with Gasteiger partial charge in [-0.05, 0) is 27.8 Å². The van der Waals surface area contributed by atoms with Gasteiger partial charge in [-0.2, -0.15) is 0 Å². The van der Waals surface area contributed by atoms with Crippen LogP contribution in [0.15, 0.2) is 4.52 Å². The zero-order valence-electron chi connectivity index (χ0n) is 9.44. The van der Waals surface area contributed by atoms with Crippen LogP contribution in [0.3, 0.4) is 0 Å². The van der Waals surface area contributed by atoms with Crippen molar-refractivity contribution in [2.75, 3.05) is 7.05 Å². The van der Waals surface area contributed by atoms with E-state index in [-0.39, 0.29) is 0 Å². The molecule has 15 heavy (non-hydrogen) atoms. The molecule has 1 aromatic heterocycles. The van der Waals surface area contributed by atoms with Gasteiger partial charge in [0, 0.05) is 12.1 Å². The molecule has 0 spiro atoms. The van der Waals surface area contributed by atoms with Crippen LogP contribution < -0.4 is 0 Å². The topological polar surface area (TPSA) is 66.6 Å². The molecule has 84 valence electrons. The Kier molecular flexibility index (Phi) is 3.47. The van der Waals surface area contributed by atoms with E-state index in [1.807, 2.05) is 13.8 Å². The molecule has 1 N–H and O–H groups in total. The molecule has 0 saturated heterocycles. The largest absolute Gasteiger partial charge is 0.480 e. The van der Waals surface area contributed by atoms with E-state index in [0.29, 0.717) is 6.54 Å². The summed E-state index contributed by atoms with van der Waals surface area (Å²) in [6, 6.07) is -0.515. The number of carboxylic acid groups (broad SMARTS) is 1. The summed E-state index contributed by atoms with van der Waals surface area (Å²) >= 11 is 0. The molecule has 1 atom stereocenters. The number of likely N-dealkylation sites (N-methyl/N-ethyl adjacent to an activating group) is 1. The standard InChI is InChI=1S/C10H16N2O3/c1-6-9(8(3)15-11-6)5-12(4)7(2)10(13)14/h7H,5H2,1-4H3,(H,13,14). The maximum Gasteiger partial charge on any atom is 0.320 e. The monoisotopic (exact) mass is 212 g/mol. The number of aliphatic carboxylic acids is 1. The normalized spacial score (nSPS) is 13.1. The van der Waals surface area contributed by atoms with Crippen molar-refractivity contribution in [2.24, 2.45) is 0 Å². The van der Waals surface area contributed by atoms with Gasteiger partial charge in [0.25, 0.3) is 0 Å². The fourth-order valence-electron chi connectivity index (χ4n) is 1.30. The van der Waals surface area contributed by atoms with Crippen LogP contribution in [0.2, 0.25) is 0 Å². The quantitative estimate of drug-likeness (QED) is 0.812. The number of rotatable bonds is 4. The highest BCUT2D eigenvalue weighted by molar-refractivity contribution is 5.72. The summed E-state index contributed by atoms with van der Waals surface area (Å²) in [5.41, 5.74) is 1.78. The first-order valence-corrected chi connectivity index (χ1v) is 4.78. The molecule has 0 aromatic carbocycles. The van der Waals surface area contributed by atoms with E-state index in [1.54, 1.807) is 18.9 Å². The minimum absolute atomic E-state index is 0.515. The average Bonchev–Trinajstić information content (AvgIpc) is 2.47. The fraction of sp³-hybridized carbons (Fsp3) is 0.600. The summed E-state index contributed by atoms with van der Waals surface area (Å²) in [4.78, 5) is 12.5. The third-order valence-electron chi connectivity index (χ3n) is 2.61. The molecule has 0 aliphatic carbocycles. The van der Waals surface area contributed by atoms with Gasteiger partial charge in [0.05, 0.1) is 5.69 Å². The number of carboxylic acids is 1. The maximum absolute atomic E-state index is 10.8. The minimum atomic E-state index is -0.829. The van der Waals surface area contributed by atoms with Crippen LogP contribution in [0.5, 0.6) is 0 Å². The molecule has 1 rings (SSSR count). The van der Waals surface area contributed by atoms with Gasteiger partial charge in [0.2, 0.25) is 0 Å². The van der Waals surface area contributed by atoms with Crippen molar-refractivity contribution in [1.82, 2.24) is 10.1 Å². The zero-order valence-corrected chi connectivity index (χ0v) is 9.44. The first kappa shape index (κ1) is 11.7. The van der Waals surface area contributed by atoms with E-state index in [4.69, 9.17) is 9.63 Å². The summed E-state index contributed by atoms with van der Waals surface area (Å²) < 4.78 is 5.01. The molecule has 1 aromatic rings. The van der Waals surface area contributed by atoms with E-state index in [2.05, 4.69) is 5.16 Å². The average molecular weight is 212 g/mol. The molecule has 5 heteroatoms. The highest BCUT2D eigenvalue weighted by atomic mass is 16.5. The summed E-state index contributed by atoms with van der Waals surface area (Å²) in [7, 11) is 1.77. The first-order valence-electron chi connectivity index (χ1n) is 4.78. The molecule has 5 nitrogen and oxygen atoms in total. The zero-order chi connectivity index (χ0) is 11.6. The van der Waals surface area contributed by atoms with Crippen molar-refractivity contribution in [3.8, 4) is 0 Å². The van der Waals surface area contributed by atoms with Crippen LogP contribution in [-0.2, 0) is 11.3 Å². The van der Waals surface area contributed by atoms with Crippen LogP contribution in [0.25, 0.3) is 0 Å². The van der Waals surface area contributed by atoms with Crippen LogP contribution in [-0.4, -0.2) is 34.2 Å². The van der Waals surface area contributed by atoms with Crippen LogP contribution in [0.1, 0.15) is 23.9 Å². The molecule has 0 radical (unpaired) electrons. The molecule has 0 amide bonds. The second kappa shape index (κ2) is 4.44. The first-order chi connectivity index (χ1) is 6.93. The Labute approximate surface area is 88.7 Å². The van der Waals surface area contributed by atoms with E-state index in [0.717, 1.165) is 17.0 Å². The Morgan fingerprint density at radius 2 is 2.20 bits per heavy atom. The third-order valence-corrected chi connectivity index (χ3v) is 2.61. The maximum atomic E-state index is 10.8. The molecule has 1 heterocycles. The highest BCUT2D eigenvalue weighted by Gasteiger charge is 2.19. The Morgan fingerprint density at radius 1 is 1.60 bits per heavy atom. The van der Waals surface area contributed by atoms with Crippen molar-refractivity contribution in [3.05, 3.63) is 17.0 Å². The summed E-state index contributed by atoms with van der Waals surface area (Å²) in [6.07, 6.45) is 0. The van der Waals surface area contributed by atoms with E-state index < -0.39 is 12.0 Å². The lowest BCUT2D eigenvalue weighted by molar-refractivity contribution is -0.142. The lowest BCUT2D eigenvalue weighted by Gasteiger charge is -2.20. The van der Waals surface area contributed by atoms with E-state index in [9.17, 15) is 4.79 Å². The van der Waals surface area contributed by atoms with Crippen molar-refractivity contribution in [1.29, 1.82) is 0 Å². The SMILES string of the molecule is Cc1noc(C)c1CN(C)C(C)C(=O)O. The second-order valence-corrected chi connectivity index (χ2v) is 3.73. The lowest BCUT2D eigenvalue weighted by atomic mass is 10.2. The highest BCUT2D eigenvalue weighted by Crippen LogP contribution is 2.15. The molecule has 0 fully saturated rings. The van der Waals surface area contributed by atoms with E-state index in [1.165, 1.54) is 0 Å². The Morgan fingerprint density at radius 3 is 2.60 bits per heavy atom. The Balaban J connectivity index is 2.74. The van der Waals surface area contributed by atoms with Gasteiger partial charge in [-0.3, -0.25) is 9.69 Å². The van der Waals surface area contributed by atoms with Crippen molar-refractivity contribution in [2.45, 2.75) is 33.4 Å². The molecule has 0 aliphatic heterocycles. The predicted molar refractivity (Wildman–Crippen MR) is 54.5 cm³/mol. The number of carbonyl (C=O) groups is 1. The lowest BCUT2D eigenvalue weighted by Crippen LogP contribution is -2.35. The molecular weight excluding hydrogens is 196 g/mol. The van der Waals surface area contributed by atoms with Crippen molar-refractivity contribution in [3.63, 3.8) is 0 Å². The van der Waals surface area contributed by atoms with Crippen LogP contribution in [0, 0.1) is 13.8 Å². The van der Waals surface area contributed by atoms with E-state index >= 15 is 0 Å². The van der Waals surface area contributed by atoms with Gasteiger partial charge < -0.3 is 9.63 Å². The number of aromatic nitrogens is 1. The van der Waals surface area contributed by atoms with Crippen LogP contribution in [0.4, 0.5) is 0 Å². The summed E-state index contributed by atoms with van der Waals surface area (Å²) in [5, 5.41) is 12.7. The van der Waals surface area contributed by atoms with Gasteiger partial charge in [0.15, 0.2) is 0 Å². The number of nitrogens with zero attached hydrogens (tertiary/aromatic N) is 2. The van der Waals surface area contributed by atoms with Crippen LogP contribution >= 0.6 is 0 Å². The van der Waals surface area contributed by atoms with Gasteiger partial charge in [-0.25, -0.2) is 0 Å². The predicted octanol–water partition coefficient (Wildman–Crippen LogP) is 1.20. The number of hydrogen-bond donors (Lipinski definition) is 1. The number of hydrogen-bond acceptors (Lipinski definition) is 4. The van der Waals surface area contributed by atoms with Gasteiger partial charge in [0.1, 0.15) is 11.8 Å². The number of aryl methyl sites for hydroxylation is 2. The van der Waals surface area contributed by atoms with Crippen molar-refractivity contribution >= 4 is 5.97 Å². The Hall–Kier alpha value is -1.36. The molecule has 0 bridgehead atoms. The minimum Gasteiger partial charge on any atom is -0.480 e. The second-order valence-electron chi connectivity index (χ2n) is 3.73. The molecule has 0 aliphatic rings. The smallest absolute Gasteiger partial charge is 0.320 e. The van der Waals surface area contributed by atoms with Gasteiger partial charge >= 0.3 is 5.97 Å². The van der Waals surface area contributed by atoms with Crippen molar-refractivity contribution < 1.29 is 14.4 Å². The third kappa shape index (κ3) is 2.56. The molecule has 1 unspecified atom stereocenters. The van der Waals surface area contributed by atoms with Gasteiger partial charge in [-0.1, -0.05) is 5.16 Å². The molecule has 0 saturated carbocycles. The van der Waals surface area contributed by atoms with Gasteiger partial charge in [-0.15, -0.1) is 0 Å². The summed E-state index contributed by atoms with van der Waals surface area (Å²) in [5.74, 6) is -0.0822. The molecular formula is C10H16N2O3. The Bertz CT molecular complexity index is 340. The summed E-state index contributed by atoms with van der Waals surface area (Å²) in [6.45, 7) is 5.87.